The molecule has 0 unspecified atom stereocenters. The first-order chi connectivity index (χ1) is 15.9. The summed E-state index contributed by atoms with van der Waals surface area (Å²) in [6.07, 6.45) is 3.56. The van der Waals surface area contributed by atoms with E-state index in [1.54, 1.807) is 22.0 Å². The van der Waals surface area contributed by atoms with Gasteiger partial charge in [0.1, 0.15) is 11.6 Å². The number of hydrogen-bond acceptors (Lipinski definition) is 6. The molecule has 0 saturated carbocycles. The van der Waals surface area contributed by atoms with Gasteiger partial charge < -0.3 is 14.6 Å². The molecule has 3 heterocycles. The molecule has 0 spiro atoms. The number of carbonyl (C=O) groups is 1. The van der Waals surface area contributed by atoms with Gasteiger partial charge in [-0.25, -0.2) is 9.78 Å². The molecule has 0 radical (unpaired) electrons. The largest absolute Gasteiger partial charge is 0.477 e. The van der Waals surface area contributed by atoms with Crippen molar-refractivity contribution in [1.29, 1.82) is 5.26 Å². The Labute approximate surface area is 193 Å². The molecule has 1 saturated heterocycles. The van der Waals surface area contributed by atoms with E-state index in [9.17, 15) is 20.0 Å². The Morgan fingerprint density at radius 2 is 1.94 bits per heavy atom. The van der Waals surface area contributed by atoms with E-state index in [4.69, 9.17) is 0 Å². The normalized spacial score (nSPS) is 13.4. The number of aryl methyl sites for hydroxylation is 1. The zero-order valence-electron chi connectivity index (χ0n) is 17.9. The summed E-state index contributed by atoms with van der Waals surface area (Å²) >= 11 is 1.55. The van der Waals surface area contributed by atoms with Crippen LogP contribution in [0.1, 0.15) is 33.8 Å². The van der Waals surface area contributed by atoms with Gasteiger partial charge in [0, 0.05) is 36.6 Å². The van der Waals surface area contributed by atoms with Crippen molar-refractivity contribution in [3.05, 3.63) is 75.0 Å². The van der Waals surface area contributed by atoms with Gasteiger partial charge in [-0.1, -0.05) is 6.07 Å². The van der Waals surface area contributed by atoms with E-state index >= 15 is 0 Å². The van der Waals surface area contributed by atoms with Crippen molar-refractivity contribution >= 4 is 33.2 Å². The second kappa shape index (κ2) is 8.19. The lowest BCUT2D eigenvalue weighted by Gasteiger charge is -2.20. The number of hydrogen-bond donors (Lipinski definition) is 1. The summed E-state index contributed by atoms with van der Waals surface area (Å²) in [7, 11) is 0. The van der Waals surface area contributed by atoms with Crippen molar-refractivity contribution in [3.8, 4) is 23.0 Å². The molecule has 0 aliphatic carbocycles. The lowest BCUT2D eigenvalue weighted by molar-refractivity contribution is 0.0695. The van der Waals surface area contributed by atoms with Crippen LogP contribution < -0.4 is 10.3 Å². The van der Waals surface area contributed by atoms with Gasteiger partial charge in [0.05, 0.1) is 32.2 Å². The van der Waals surface area contributed by atoms with Crippen LogP contribution in [0.4, 0.5) is 5.69 Å². The van der Waals surface area contributed by atoms with Crippen LogP contribution in [0.25, 0.3) is 27.2 Å². The van der Waals surface area contributed by atoms with Gasteiger partial charge >= 0.3 is 5.97 Å². The van der Waals surface area contributed by atoms with E-state index < -0.39 is 11.4 Å². The maximum absolute atomic E-state index is 12.6. The predicted octanol–water partition coefficient (Wildman–Crippen LogP) is 4.59. The third-order valence-corrected chi connectivity index (χ3v) is 6.83. The van der Waals surface area contributed by atoms with E-state index in [0.717, 1.165) is 46.8 Å². The zero-order chi connectivity index (χ0) is 23.1. The molecule has 33 heavy (non-hydrogen) atoms. The van der Waals surface area contributed by atoms with Gasteiger partial charge in [-0.05, 0) is 50.1 Å². The van der Waals surface area contributed by atoms with Crippen LogP contribution in [-0.4, -0.2) is 33.7 Å². The van der Waals surface area contributed by atoms with Gasteiger partial charge in [-0.2, -0.15) is 5.26 Å². The number of carboxylic acid groups (broad SMARTS) is 1. The molecule has 0 bridgehead atoms. The third kappa shape index (κ3) is 3.77. The number of anilines is 1. The highest BCUT2D eigenvalue weighted by molar-refractivity contribution is 7.18. The van der Waals surface area contributed by atoms with Crippen molar-refractivity contribution in [2.75, 3.05) is 18.0 Å². The fourth-order valence-corrected chi connectivity index (χ4v) is 5.19. The molecule has 0 atom stereocenters. The average Bonchev–Trinajstić information content (AvgIpc) is 3.46. The van der Waals surface area contributed by atoms with Crippen LogP contribution in [-0.2, 0) is 0 Å². The van der Waals surface area contributed by atoms with Crippen molar-refractivity contribution in [2.24, 2.45) is 0 Å². The summed E-state index contributed by atoms with van der Waals surface area (Å²) < 4.78 is 2.67. The molecule has 5 rings (SSSR count). The molecule has 1 aliphatic heterocycles. The Bertz CT molecular complexity index is 1510. The van der Waals surface area contributed by atoms with Crippen LogP contribution in [0, 0.1) is 18.3 Å². The Balaban J connectivity index is 1.71. The quantitative estimate of drug-likeness (QED) is 0.482. The molecule has 1 N–H and O–H groups in total. The summed E-state index contributed by atoms with van der Waals surface area (Å²) in [5, 5.41) is 20.3. The number of carboxylic acids is 1. The minimum atomic E-state index is -1.28. The average molecular weight is 457 g/mol. The number of fused-ring (bicyclic) bond motifs is 1. The Morgan fingerprint density at radius 3 is 2.67 bits per heavy atom. The molecule has 1 aliphatic rings. The standard InChI is InChI=1S/C25H20N4O3S/c1-15-27-20-6-5-18(11-24(20)33-15)29-14-19(25(31)32)23(30)12-22(29)16-4-7-21(17(10-16)13-26)28-8-2-3-9-28/h4-7,10-12,14H,2-3,8-9H2,1H3,(H,31,32). The first kappa shape index (κ1) is 20.9. The molecule has 8 heteroatoms. The van der Waals surface area contributed by atoms with Crippen LogP contribution in [0.3, 0.4) is 0 Å². The maximum Gasteiger partial charge on any atom is 0.341 e. The van der Waals surface area contributed by atoms with Crippen molar-refractivity contribution in [2.45, 2.75) is 19.8 Å². The first-order valence-electron chi connectivity index (χ1n) is 10.6. The number of nitrogens with zero attached hydrogens (tertiary/aromatic N) is 4. The van der Waals surface area contributed by atoms with Gasteiger partial charge in [-0.15, -0.1) is 11.3 Å². The number of aromatic nitrogens is 2. The maximum atomic E-state index is 12.6. The van der Waals surface area contributed by atoms with Crippen LogP contribution in [0.2, 0.25) is 0 Å². The monoisotopic (exact) mass is 456 g/mol. The topological polar surface area (TPSA) is 99.2 Å². The number of nitriles is 1. The van der Waals surface area contributed by atoms with Gasteiger partial charge in [0.15, 0.2) is 5.43 Å². The Kier molecular flexibility index (Phi) is 5.19. The molecular formula is C25H20N4O3S. The molecule has 7 nitrogen and oxygen atoms in total. The second-order valence-corrected chi connectivity index (χ2v) is 9.27. The lowest BCUT2D eigenvalue weighted by Crippen LogP contribution is -2.19. The summed E-state index contributed by atoms with van der Waals surface area (Å²) in [5.41, 5.74) is 3.30. The number of aromatic carboxylic acids is 1. The lowest BCUT2D eigenvalue weighted by atomic mass is 10.0. The number of thiazole rings is 1. The highest BCUT2D eigenvalue weighted by Crippen LogP contribution is 2.31. The van der Waals surface area contributed by atoms with Crippen molar-refractivity contribution in [3.63, 3.8) is 0 Å². The molecule has 0 amide bonds. The molecule has 4 aromatic rings. The van der Waals surface area contributed by atoms with Crippen LogP contribution in [0.15, 0.2) is 53.5 Å². The Hall–Kier alpha value is -3.96. The SMILES string of the molecule is Cc1nc2ccc(-n3cc(C(=O)O)c(=O)cc3-c3ccc(N4CCCC4)c(C#N)c3)cc2s1. The Morgan fingerprint density at radius 1 is 1.15 bits per heavy atom. The smallest absolute Gasteiger partial charge is 0.341 e. The highest BCUT2D eigenvalue weighted by atomic mass is 32.1. The highest BCUT2D eigenvalue weighted by Gasteiger charge is 2.19. The third-order valence-electron chi connectivity index (χ3n) is 5.90. The number of benzene rings is 2. The van der Waals surface area contributed by atoms with Crippen molar-refractivity contribution in [1.82, 2.24) is 9.55 Å². The minimum absolute atomic E-state index is 0.312. The molecule has 1 fully saturated rings. The van der Waals surface area contributed by atoms with E-state index in [-0.39, 0.29) is 5.56 Å². The zero-order valence-corrected chi connectivity index (χ0v) is 18.7. The molecule has 164 valence electrons. The van der Waals surface area contributed by atoms with Gasteiger partial charge in [0.2, 0.25) is 0 Å². The summed E-state index contributed by atoms with van der Waals surface area (Å²) in [4.78, 5) is 31.0. The van der Waals surface area contributed by atoms with Crippen LogP contribution in [0.5, 0.6) is 0 Å². The predicted molar refractivity (Wildman–Crippen MR) is 129 cm³/mol. The molecule has 2 aromatic heterocycles. The van der Waals surface area contributed by atoms with E-state index in [1.807, 2.05) is 37.3 Å². The summed E-state index contributed by atoms with van der Waals surface area (Å²) in [6.45, 7) is 3.77. The second-order valence-electron chi connectivity index (χ2n) is 8.03. The fraction of sp³-hybridized carbons (Fsp3) is 0.200. The van der Waals surface area contributed by atoms with E-state index in [2.05, 4.69) is 16.0 Å². The van der Waals surface area contributed by atoms with Crippen LogP contribution >= 0.6 is 11.3 Å². The van der Waals surface area contributed by atoms with Gasteiger partial charge in [-0.3, -0.25) is 4.79 Å². The first-order valence-corrected chi connectivity index (χ1v) is 11.4. The van der Waals surface area contributed by atoms with Crippen molar-refractivity contribution < 1.29 is 9.90 Å². The van der Waals surface area contributed by atoms with Gasteiger partial charge in [0.25, 0.3) is 0 Å². The number of rotatable bonds is 4. The fourth-order valence-electron chi connectivity index (χ4n) is 4.33. The minimum Gasteiger partial charge on any atom is -0.477 e. The van der Waals surface area contributed by atoms with E-state index in [1.165, 1.54) is 12.3 Å². The molecular weight excluding hydrogens is 436 g/mol. The molecule has 2 aromatic carbocycles. The summed E-state index contributed by atoms with van der Waals surface area (Å²) in [5.74, 6) is -1.28. The van der Waals surface area contributed by atoms with E-state index in [0.29, 0.717) is 22.5 Å². The summed E-state index contributed by atoms with van der Waals surface area (Å²) in [6, 6.07) is 14.9. The number of pyridine rings is 1.